The highest BCUT2D eigenvalue weighted by Crippen LogP contribution is 2.23. The fourth-order valence-electron chi connectivity index (χ4n) is 3.38. The molecule has 0 radical (unpaired) electrons. The van der Waals surface area contributed by atoms with Gasteiger partial charge in [-0.05, 0) is 43.2 Å². The second-order valence-corrected chi connectivity index (χ2v) is 9.49. The highest BCUT2D eigenvalue weighted by atomic mass is 32.2. The first-order valence-corrected chi connectivity index (χ1v) is 11.7. The van der Waals surface area contributed by atoms with Crippen molar-refractivity contribution in [1.82, 2.24) is 4.90 Å². The van der Waals surface area contributed by atoms with Gasteiger partial charge in [0, 0.05) is 30.9 Å². The molecule has 1 aliphatic heterocycles. The first-order chi connectivity index (χ1) is 14.3. The van der Waals surface area contributed by atoms with Gasteiger partial charge in [0.1, 0.15) is 0 Å². The van der Waals surface area contributed by atoms with Crippen LogP contribution in [0.4, 0.5) is 11.4 Å². The van der Waals surface area contributed by atoms with Crippen molar-refractivity contribution in [2.45, 2.75) is 33.2 Å². The third-order valence-corrected chi connectivity index (χ3v) is 6.47. The minimum atomic E-state index is -3.35. The molecular formula is C22H27N3O4S. The molecule has 1 unspecified atom stereocenters. The van der Waals surface area contributed by atoms with Crippen molar-refractivity contribution in [2.24, 2.45) is 5.92 Å². The summed E-state index contributed by atoms with van der Waals surface area (Å²) >= 11 is 0. The average molecular weight is 430 g/mol. The number of benzene rings is 2. The molecule has 1 aliphatic rings. The summed E-state index contributed by atoms with van der Waals surface area (Å²) in [5.74, 6) is -0.600. The molecule has 0 spiro atoms. The Balaban J connectivity index is 1.55. The molecule has 1 saturated heterocycles. The van der Waals surface area contributed by atoms with E-state index in [-0.39, 0.29) is 24.0 Å². The van der Waals surface area contributed by atoms with Gasteiger partial charge in [0.2, 0.25) is 21.8 Å². The van der Waals surface area contributed by atoms with E-state index >= 15 is 0 Å². The zero-order valence-electron chi connectivity index (χ0n) is 17.2. The number of nitrogens with one attached hydrogen (secondary N) is 2. The molecule has 3 rings (SSSR count). The summed E-state index contributed by atoms with van der Waals surface area (Å²) in [5, 5.41) is 2.82. The van der Waals surface area contributed by atoms with E-state index in [2.05, 4.69) is 10.0 Å². The number of aryl methyl sites for hydroxylation is 1. The number of nitrogens with zero attached hydrogens (tertiary/aromatic N) is 1. The topological polar surface area (TPSA) is 95.6 Å². The number of anilines is 2. The van der Waals surface area contributed by atoms with Gasteiger partial charge in [-0.3, -0.25) is 14.3 Å². The van der Waals surface area contributed by atoms with Crippen molar-refractivity contribution in [3.63, 3.8) is 0 Å². The standard InChI is InChI=1S/C22H27N3O4S/c1-3-12-30(28,29)24-20-10-8-19(9-11-20)23-22(27)18-13-21(26)25(15-18)14-17-6-4-16(2)5-7-17/h4-11,18,24H,3,12-15H2,1-2H3,(H,23,27). The summed E-state index contributed by atoms with van der Waals surface area (Å²) < 4.78 is 26.2. The van der Waals surface area contributed by atoms with Crippen LogP contribution in [0.1, 0.15) is 30.9 Å². The largest absolute Gasteiger partial charge is 0.338 e. The minimum absolute atomic E-state index is 0.0311. The van der Waals surface area contributed by atoms with Crippen molar-refractivity contribution in [1.29, 1.82) is 0 Å². The van der Waals surface area contributed by atoms with Crippen LogP contribution in [0.2, 0.25) is 0 Å². The maximum absolute atomic E-state index is 12.6. The number of sulfonamides is 1. The van der Waals surface area contributed by atoms with E-state index in [4.69, 9.17) is 0 Å². The van der Waals surface area contributed by atoms with Gasteiger partial charge in [0.25, 0.3) is 0 Å². The Kier molecular flexibility index (Phi) is 6.77. The lowest BCUT2D eigenvalue weighted by Crippen LogP contribution is -2.28. The molecule has 0 aromatic heterocycles. The van der Waals surface area contributed by atoms with Crippen LogP contribution in [0, 0.1) is 12.8 Å². The fourth-order valence-corrected chi connectivity index (χ4v) is 4.51. The number of carbonyl (C=O) groups is 2. The van der Waals surface area contributed by atoms with Crippen molar-refractivity contribution in [2.75, 3.05) is 22.3 Å². The van der Waals surface area contributed by atoms with E-state index in [9.17, 15) is 18.0 Å². The second kappa shape index (κ2) is 9.30. The summed E-state index contributed by atoms with van der Waals surface area (Å²) in [7, 11) is -3.35. The number of hydrogen-bond acceptors (Lipinski definition) is 4. The van der Waals surface area contributed by atoms with Crippen LogP contribution in [-0.4, -0.2) is 37.4 Å². The van der Waals surface area contributed by atoms with Crippen LogP contribution < -0.4 is 10.0 Å². The first kappa shape index (κ1) is 21.8. The zero-order valence-corrected chi connectivity index (χ0v) is 18.0. The molecule has 2 aromatic rings. The molecular weight excluding hydrogens is 402 g/mol. The van der Waals surface area contributed by atoms with E-state index in [0.29, 0.717) is 30.9 Å². The first-order valence-electron chi connectivity index (χ1n) is 10.0. The molecule has 2 amide bonds. The Labute approximate surface area is 177 Å². The Bertz CT molecular complexity index is 1000. The highest BCUT2D eigenvalue weighted by molar-refractivity contribution is 7.92. The van der Waals surface area contributed by atoms with Crippen molar-refractivity contribution < 1.29 is 18.0 Å². The number of rotatable bonds is 8. The van der Waals surface area contributed by atoms with Crippen LogP contribution in [0.5, 0.6) is 0 Å². The van der Waals surface area contributed by atoms with Crippen molar-refractivity contribution in [3.05, 3.63) is 59.7 Å². The summed E-state index contributed by atoms with van der Waals surface area (Å²) in [6.07, 6.45) is 0.719. The second-order valence-electron chi connectivity index (χ2n) is 7.65. The summed E-state index contributed by atoms with van der Waals surface area (Å²) in [5.41, 5.74) is 3.20. The van der Waals surface area contributed by atoms with Gasteiger partial charge in [-0.1, -0.05) is 36.8 Å². The Morgan fingerprint density at radius 1 is 1.07 bits per heavy atom. The van der Waals surface area contributed by atoms with Crippen LogP contribution in [0.25, 0.3) is 0 Å². The Hall–Kier alpha value is -2.87. The van der Waals surface area contributed by atoms with Crippen LogP contribution >= 0.6 is 0 Å². The van der Waals surface area contributed by atoms with Gasteiger partial charge >= 0.3 is 0 Å². The third kappa shape index (κ3) is 5.82. The normalized spacial score (nSPS) is 16.5. The lowest BCUT2D eigenvalue weighted by molar-refractivity contribution is -0.128. The van der Waals surface area contributed by atoms with Gasteiger partial charge in [-0.15, -0.1) is 0 Å². The van der Waals surface area contributed by atoms with Gasteiger partial charge < -0.3 is 10.2 Å². The van der Waals surface area contributed by atoms with E-state index in [0.717, 1.165) is 11.1 Å². The fraction of sp³-hybridized carbons (Fsp3) is 0.364. The van der Waals surface area contributed by atoms with E-state index in [1.54, 1.807) is 36.1 Å². The maximum atomic E-state index is 12.6. The number of hydrogen-bond donors (Lipinski definition) is 2. The highest BCUT2D eigenvalue weighted by Gasteiger charge is 2.34. The summed E-state index contributed by atoms with van der Waals surface area (Å²) in [6.45, 7) is 4.69. The van der Waals surface area contributed by atoms with E-state index < -0.39 is 15.9 Å². The van der Waals surface area contributed by atoms with Crippen LogP contribution in [0.15, 0.2) is 48.5 Å². The smallest absolute Gasteiger partial charge is 0.232 e. The predicted octanol–water partition coefficient (Wildman–Crippen LogP) is 3.13. The molecule has 1 fully saturated rings. The number of carbonyl (C=O) groups excluding carboxylic acids is 2. The van der Waals surface area contributed by atoms with Crippen molar-refractivity contribution in [3.8, 4) is 0 Å². The third-order valence-electron chi connectivity index (χ3n) is 4.98. The van der Waals surface area contributed by atoms with Gasteiger partial charge in [0.15, 0.2) is 0 Å². The summed E-state index contributed by atoms with van der Waals surface area (Å²) in [4.78, 5) is 26.6. The Morgan fingerprint density at radius 2 is 1.70 bits per heavy atom. The summed E-state index contributed by atoms with van der Waals surface area (Å²) in [6, 6.07) is 14.5. The number of amides is 2. The van der Waals surface area contributed by atoms with Crippen LogP contribution in [-0.2, 0) is 26.2 Å². The zero-order chi connectivity index (χ0) is 21.7. The molecule has 0 aliphatic carbocycles. The lowest BCUT2D eigenvalue weighted by atomic mass is 10.1. The molecule has 30 heavy (non-hydrogen) atoms. The monoisotopic (exact) mass is 429 g/mol. The van der Waals surface area contributed by atoms with Crippen molar-refractivity contribution >= 4 is 33.2 Å². The van der Waals surface area contributed by atoms with Gasteiger partial charge in [-0.2, -0.15) is 0 Å². The van der Waals surface area contributed by atoms with Gasteiger partial charge in [-0.25, -0.2) is 8.42 Å². The lowest BCUT2D eigenvalue weighted by Gasteiger charge is -2.17. The van der Waals surface area contributed by atoms with Crippen LogP contribution in [0.3, 0.4) is 0 Å². The quantitative estimate of drug-likeness (QED) is 0.674. The average Bonchev–Trinajstić information content (AvgIpc) is 3.05. The number of likely N-dealkylation sites (tertiary alicyclic amines) is 1. The molecule has 2 N–H and O–H groups in total. The Morgan fingerprint density at radius 3 is 2.33 bits per heavy atom. The maximum Gasteiger partial charge on any atom is 0.232 e. The predicted molar refractivity (Wildman–Crippen MR) is 117 cm³/mol. The van der Waals surface area contributed by atoms with Gasteiger partial charge in [0.05, 0.1) is 11.7 Å². The molecule has 1 heterocycles. The minimum Gasteiger partial charge on any atom is -0.338 e. The molecule has 0 bridgehead atoms. The van der Waals surface area contributed by atoms with E-state index in [1.165, 1.54) is 0 Å². The molecule has 0 saturated carbocycles. The molecule has 8 heteroatoms. The molecule has 7 nitrogen and oxygen atoms in total. The molecule has 2 aromatic carbocycles. The SMILES string of the molecule is CCCS(=O)(=O)Nc1ccc(NC(=O)C2CC(=O)N(Cc3ccc(C)cc3)C2)cc1. The molecule has 1 atom stereocenters. The molecule has 160 valence electrons. The van der Waals surface area contributed by atoms with E-state index in [1.807, 2.05) is 31.2 Å².